The van der Waals surface area contributed by atoms with E-state index < -0.39 is 10.2 Å². The topological polar surface area (TPSA) is 75.4 Å². The number of piperidine rings is 1. The van der Waals surface area contributed by atoms with Crippen LogP contribution in [0.1, 0.15) is 39.5 Å². The lowest BCUT2D eigenvalue weighted by molar-refractivity contribution is 0.263. The summed E-state index contributed by atoms with van der Waals surface area (Å²) in [4.78, 5) is 0. The first-order valence-corrected chi connectivity index (χ1v) is 7.44. The minimum absolute atomic E-state index is 0.0986. The van der Waals surface area contributed by atoms with E-state index in [0.717, 1.165) is 25.7 Å². The van der Waals surface area contributed by atoms with Crippen LogP contribution >= 0.6 is 0 Å². The number of hydrogen-bond acceptors (Lipinski definition) is 3. The first kappa shape index (κ1) is 13.9. The molecule has 0 aliphatic carbocycles. The minimum Gasteiger partial charge on any atom is -0.329 e. The molecule has 1 heterocycles. The van der Waals surface area contributed by atoms with Crippen molar-refractivity contribution in [3.8, 4) is 0 Å². The van der Waals surface area contributed by atoms with Gasteiger partial charge in [0.05, 0.1) is 0 Å². The highest BCUT2D eigenvalue weighted by Crippen LogP contribution is 2.19. The smallest absolute Gasteiger partial charge is 0.279 e. The highest BCUT2D eigenvalue weighted by atomic mass is 32.2. The van der Waals surface area contributed by atoms with Crippen LogP contribution in [0.2, 0.25) is 0 Å². The van der Waals surface area contributed by atoms with Crippen LogP contribution in [0.5, 0.6) is 0 Å². The molecule has 16 heavy (non-hydrogen) atoms. The Morgan fingerprint density at radius 3 is 2.69 bits per heavy atom. The molecule has 0 saturated carbocycles. The molecule has 96 valence electrons. The Kier molecular flexibility index (Phi) is 5.17. The molecule has 0 bridgehead atoms. The lowest BCUT2D eigenvalue weighted by Gasteiger charge is -2.33. The number of nitrogens with two attached hydrogens (primary N) is 1. The third-order valence-electron chi connectivity index (χ3n) is 3.14. The lowest BCUT2D eigenvalue weighted by atomic mass is 10.1. The van der Waals surface area contributed by atoms with E-state index >= 15 is 0 Å². The molecule has 1 aliphatic heterocycles. The van der Waals surface area contributed by atoms with Crippen LogP contribution in [0.15, 0.2) is 0 Å². The third-order valence-corrected chi connectivity index (χ3v) is 4.93. The Hall–Kier alpha value is -0.170. The van der Waals surface area contributed by atoms with Gasteiger partial charge in [0.2, 0.25) is 0 Å². The summed E-state index contributed by atoms with van der Waals surface area (Å²) in [6.45, 7) is 4.86. The zero-order valence-corrected chi connectivity index (χ0v) is 11.0. The van der Waals surface area contributed by atoms with Gasteiger partial charge >= 0.3 is 0 Å². The average molecular weight is 249 g/mol. The van der Waals surface area contributed by atoms with E-state index in [-0.39, 0.29) is 12.1 Å². The molecule has 1 saturated heterocycles. The number of nitrogens with zero attached hydrogens (tertiary/aromatic N) is 1. The Bertz CT molecular complexity index is 301. The van der Waals surface area contributed by atoms with Crippen LogP contribution in [0.4, 0.5) is 0 Å². The molecule has 0 radical (unpaired) electrons. The van der Waals surface area contributed by atoms with Crippen molar-refractivity contribution in [3.63, 3.8) is 0 Å². The SMILES string of the molecule is CCC(CN)NS(=O)(=O)N1CCCCC1C. The van der Waals surface area contributed by atoms with Crippen LogP contribution in [0.25, 0.3) is 0 Å². The Labute approximate surface area is 98.6 Å². The molecule has 1 fully saturated rings. The highest BCUT2D eigenvalue weighted by molar-refractivity contribution is 7.87. The van der Waals surface area contributed by atoms with Gasteiger partial charge in [0, 0.05) is 25.2 Å². The van der Waals surface area contributed by atoms with Gasteiger partial charge in [-0.1, -0.05) is 13.3 Å². The third kappa shape index (κ3) is 3.41. The predicted octanol–water partition coefficient (Wildman–Crippen LogP) is 0.433. The van der Waals surface area contributed by atoms with Gasteiger partial charge in [0.25, 0.3) is 10.2 Å². The summed E-state index contributed by atoms with van der Waals surface area (Å²) in [7, 11) is -3.35. The van der Waals surface area contributed by atoms with Crippen molar-refractivity contribution < 1.29 is 8.42 Å². The van der Waals surface area contributed by atoms with Crippen LogP contribution in [0.3, 0.4) is 0 Å². The molecular formula is C10H23N3O2S. The number of rotatable bonds is 5. The fourth-order valence-electron chi connectivity index (χ4n) is 2.01. The second-order valence-electron chi connectivity index (χ2n) is 4.42. The van der Waals surface area contributed by atoms with Crippen molar-refractivity contribution in [3.05, 3.63) is 0 Å². The van der Waals surface area contributed by atoms with E-state index in [0.29, 0.717) is 13.1 Å². The Morgan fingerprint density at radius 1 is 1.50 bits per heavy atom. The molecule has 6 heteroatoms. The molecule has 3 N–H and O–H groups in total. The van der Waals surface area contributed by atoms with Crippen LogP contribution in [-0.4, -0.2) is 37.9 Å². The van der Waals surface area contributed by atoms with Gasteiger partial charge in [-0.25, -0.2) is 0 Å². The minimum atomic E-state index is -3.35. The lowest BCUT2D eigenvalue weighted by Crippen LogP contribution is -2.52. The van der Waals surface area contributed by atoms with Gasteiger partial charge in [-0.15, -0.1) is 0 Å². The number of nitrogens with one attached hydrogen (secondary N) is 1. The Balaban J connectivity index is 2.68. The number of hydrogen-bond donors (Lipinski definition) is 2. The highest BCUT2D eigenvalue weighted by Gasteiger charge is 2.30. The molecule has 0 aromatic carbocycles. The molecule has 0 aromatic rings. The van der Waals surface area contributed by atoms with E-state index in [1.807, 2.05) is 13.8 Å². The van der Waals surface area contributed by atoms with Gasteiger partial charge in [-0.2, -0.15) is 17.4 Å². The molecule has 0 amide bonds. The molecular weight excluding hydrogens is 226 g/mol. The van der Waals surface area contributed by atoms with Gasteiger partial charge in [0.1, 0.15) is 0 Å². The Morgan fingerprint density at radius 2 is 2.19 bits per heavy atom. The van der Waals surface area contributed by atoms with Crippen molar-refractivity contribution in [1.82, 2.24) is 9.03 Å². The standard InChI is InChI=1S/C10H23N3O2S/c1-3-10(8-11)12-16(14,15)13-7-5-4-6-9(13)2/h9-10,12H,3-8,11H2,1-2H3. The molecule has 1 rings (SSSR count). The van der Waals surface area contributed by atoms with Gasteiger partial charge in [0.15, 0.2) is 0 Å². The first-order chi connectivity index (χ1) is 7.51. The second kappa shape index (κ2) is 5.95. The monoisotopic (exact) mass is 249 g/mol. The van der Waals surface area contributed by atoms with E-state index in [2.05, 4.69) is 4.72 Å². The van der Waals surface area contributed by atoms with E-state index in [4.69, 9.17) is 5.73 Å². The summed E-state index contributed by atoms with van der Waals surface area (Å²) in [6.07, 6.45) is 3.73. The van der Waals surface area contributed by atoms with Crippen LogP contribution in [0, 0.1) is 0 Å². The maximum atomic E-state index is 12.1. The zero-order chi connectivity index (χ0) is 12.2. The summed E-state index contributed by atoms with van der Waals surface area (Å²) < 4.78 is 28.4. The van der Waals surface area contributed by atoms with Crippen molar-refractivity contribution >= 4 is 10.2 Å². The van der Waals surface area contributed by atoms with E-state index in [9.17, 15) is 8.42 Å². The summed E-state index contributed by atoms with van der Waals surface area (Å²) >= 11 is 0. The quantitative estimate of drug-likeness (QED) is 0.742. The fourth-order valence-corrected chi connectivity index (χ4v) is 3.77. The van der Waals surface area contributed by atoms with Crippen LogP contribution < -0.4 is 10.5 Å². The van der Waals surface area contributed by atoms with Crippen molar-refractivity contribution in [2.24, 2.45) is 5.73 Å². The summed E-state index contributed by atoms with van der Waals surface area (Å²) in [6, 6.07) is -0.0549. The van der Waals surface area contributed by atoms with Gasteiger partial charge < -0.3 is 5.73 Å². The van der Waals surface area contributed by atoms with Gasteiger partial charge in [-0.3, -0.25) is 0 Å². The summed E-state index contributed by atoms with van der Waals surface area (Å²) in [5, 5.41) is 0. The molecule has 5 nitrogen and oxygen atoms in total. The summed E-state index contributed by atoms with van der Waals surface area (Å²) in [5.74, 6) is 0. The van der Waals surface area contributed by atoms with Crippen molar-refractivity contribution in [2.75, 3.05) is 13.1 Å². The second-order valence-corrected chi connectivity index (χ2v) is 6.07. The van der Waals surface area contributed by atoms with E-state index in [1.54, 1.807) is 4.31 Å². The van der Waals surface area contributed by atoms with E-state index in [1.165, 1.54) is 0 Å². The van der Waals surface area contributed by atoms with Crippen LogP contribution in [-0.2, 0) is 10.2 Å². The van der Waals surface area contributed by atoms with Crippen molar-refractivity contribution in [1.29, 1.82) is 0 Å². The normalized spacial score (nSPS) is 25.6. The molecule has 2 atom stereocenters. The first-order valence-electron chi connectivity index (χ1n) is 6.00. The predicted molar refractivity (Wildman–Crippen MR) is 65.2 cm³/mol. The average Bonchev–Trinajstić information content (AvgIpc) is 2.26. The molecule has 2 unspecified atom stereocenters. The largest absolute Gasteiger partial charge is 0.329 e. The zero-order valence-electron chi connectivity index (χ0n) is 10.1. The molecule has 0 spiro atoms. The molecule has 0 aromatic heterocycles. The maximum Gasteiger partial charge on any atom is 0.279 e. The van der Waals surface area contributed by atoms with Crippen molar-refractivity contribution in [2.45, 2.75) is 51.6 Å². The maximum absolute atomic E-state index is 12.1. The summed E-state index contributed by atoms with van der Waals surface area (Å²) in [5.41, 5.74) is 5.51. The fraction of sp³-hybridized carbons (Fsp3) is 1.00. The van der Waals surface area contributed by atoms with Gasteiger partial charge in [-0.05, 0) is 26.2 Å². The molecule has 1 aliphatic rings.